The largest absolute Gasteiger partial charge is 0.0654 e. The highest BCUT2D eigenvalue weighted by Crippen LogP contribution is 2.29. The van der Waals surface area contributed by atoms with Crippen LogP contribution in [0.5, 0.6) is 0 Å². The molecule has 0 bridgehead atoms. The summed E-state index contributed by atoms with van der Waals surface area (Å²) in [5.41, 5.74) is 0. The first kappa shape index (κ1) is 27.0. The van der Waals surface area contributed by atoms with Crippen LogP contribution in [-0.2, 0) is 0 Å². The predicted octanol–water partition coefficient (Wildman–Crippen LogP) is 10.9. The molecule has 1 rings (SSSR count). The average Bonchev–Trinajstić information content (AvgIpc) is 2.72. The van der Waals surface area contributed by atoms with Gasteiger partial charge in [-0.15, -0.1) is 0 Å². The summed E-state index contributed by atoms with van der Waals surface area (Å²) in [6.45, 7) is 7.07. The first-order valence-electron chi connectivity index (χ1n) is 14.3. The Morgan fingerprint density at radius 1 is 0.483 bits per heavy atom. The van der Waals surface area contributed by atoms with Crippen molar-refractivity contribution >= 4 is 0 Å². The van der Waals surface area contributed by atoms with Gasteiger partial charge in [0.05, 0.1) is 0 Å². The van der Waals surface area contributed by atoms with Crippen LogP contribution in [0.1, 0.15) is 168 Å². The lowest BCUT2D eigenvalue weighted by Gasteiger charge is -2.21. The normalized spacial score (nSPS) is 22.3. The summed E-state index contributed by atoms with van der Waals surface area (Å²) in [5.74, 6) is 3.14. The SMILES string of the molecule is CCCCC(CCCC)CCCCCC1CCCCCC(CCC)CCCCC1. The van der Waals surface area contributed by atoms with E-state index in [1.165, 1.54) is 148 Å². The lowest BCUT2D eigenvalue weighted by atomic mass is 9.85. The van der Waals surface area contributed by atoms with Crippen LogP contribution in [0.25, 0.3) is 0 Å². The minimum absolute atomic E-state index is 1.03. The molecular formula is C29H58. The summed E-state index contributed by atoms with van der Waals surface area (Å²) in [6.07, 6.45) is 34.3. The maximum atomic E-state index is 2.37. The van der Waals surface area contributed by atoms with E-state index >= 15 is 0 Å². The zero-order valence-corrected chi connectivity index (χ0v) is 21.0. The molecule has 0 amide bonds. The molecule has 0 aromatic carbocycles. The van der Waals surface area contributed by atoms with Crippen LogP contribution in [0.3, 0.4) is 0 Å². The van der Waals surface area contributed by atoms with Crippen LogP contribution in [-0.4, -0.2) is 0 Å². The third kappa shape index (κ3) is 15.5. The van der Waals surface area contributed by atoms with Crippen LogP contribution in [0.15, 0.2) is 0 Å². The molecule has 0 unspecified atom stereocenters. The van der Waals surface area contributed by atoms with Crippen molar-refractivity contribution in [2.24, 2.45) is 17.8 Å². The molecule has 0 heterocycles. The Morgan fingerprint density at radius 2 is 0.966 bits per heavy atom. The van der Waals surface area contributed by atoms with Crippen LogP contribution in [0.4, 0.5) is 0 Å². The van der Waals surface area contributed by atoms with Crippen LogP contribution < -0.4 is 0 Å². The van der Waals surface area contributed by atoms with Gasteiger partial charge < -0.3 is 0 Å². The summed E-state index contributed by atoms with van der Waals surface area (Å²) in [6, 6.07) is 0. The van der Waals surface area contributed by atoms with Crippen molar-refractivity contribution in [1.82, 2.24) is 0 Å². The fraction of sp³-hybridized carbons (Fsp3) is 1.00. The van der Waals surface area contributed by atoms with E-state index in [2.05, 4.69) is 20.8 Å². The number of rotatable bonds is 14. The molecule has 0 atom stereocenters. The van der Waals surface area contributed by atoms with Crippen molar-refractivity contribution < 1.29 is 0 Å². The second-order valence-electron chi connectivity index (χ2n) is 10.6. The smallest absolute Gasteiger partial charge is 0.0414 e. The van der Waals surface area contributed by atoms with E-state index in [1.54, 1.807) is 0 Å². The summed E-state index contributed by atoms with van der Waals surface area (Å²) in [4.78, 5) is 0. The predicted molar refractivity (Wildman–Crippen MR) is 134 cm³/mol. The van der Waals surface area contributed by atoms with Crippen molar-refractivity contribution in [1.29, 1.82) is 0 Å². The molecule has 0 heteroatoms. The molecule has 1 saturated carbocycles. The van der Waals surface area contributed by atoms with Crippen molar-refractivity contribution in [3.8, 4) is 0 Å². The van der Waals surface area contributed by atoms with Crippen LogP contribution >= 0.6 is 0 Å². The number of hydrogen-bond donors (Lipinski definition) is 0. The Labute approximate surface area is 186 Å². The van der Waals surface area contributed by atoms with Gasteiger partial charge in [0.1, 0.15) is 0 Å². The van der Waals surface area contributed by atoms with Gasteiger partial charge in [0, 0.05) is 0 Å². The molecular weight excluding hydrogens is 348 g/mol. The van der Waals surface area contributed by atoms with Gasteiger partial charge in [0.25, 0.3) is 0 Å². The van der Waals surface area contributed by atoms with Gasteiger partial charge >= 0.3 is 0 Å². The highest BCUT2D eigenvalue weighted by atomic mass is 14.2. The van der Waals surface area contributed by atoms with E-state index in [0.29, 0.717) is 0 Å². The zero-order chi connectivity index (χ0) is 21.0. The van der Waals surface area contributed by atoms with E-state index < -0.39 is 0 Å². The molecule has 1 aliphatic carbocycles. The van der Waals surface area contributed by atoms with E-state index in [4.69, 9.17) is 0 Å². The highest BCUT2D eigenvalue weighted by molar-refractivity contribution is 4.66. The summed E-state index contributed by atoms with van der Waals surface area (Å²) in [7, 11) is 0. The maximum Gasteiger partial charge on any atom is -0.0414 e. The molecule has 0 N–H and O–H groups in total. The second-order valence-corrected chi connectivity index (χ2v) is 10.6. The van der Waals surface area contributed by atoms with Gasteiger partial charge in [-0.05, 0) is 17.8 Å². The molecule has 0 aliphatic heterocycles. The molecule has 0 aromatic heterocycles. The topological polar surface area (TPSA) is 0 Å². The lowest BCUT2D eigenvalue weighted by molar-refractivity contribution is 0.328. The van der Waals surface area contributed by atoms with E-state index in [9.17, 15) is 0 Å². The van der Waals surface area contributed by atoms with Gasteiger partial charge in [-0.25, -0.2) is 0 Å². The molecule has 1 aliphatic rings. The third-order valence-electron chi connectivity index (χ3n) is 7.80. The molecule has 0 spiro atoms. The van der Waals surface area contributed by atoms with Crippen molar-refractivity contribution in [3.63, 3.8) is 0 Å². The third-order valence-corrected chi connectivity index (χ3v) is 7.80. The minimum Gasteiger partial charge on any atom is -0.0654 e. The Hall–Kier alpha value is 0. The van der Waals surface area contributed by atoms with Crippen LogP contribution in [0, 0.1) is 17.8 Å². The Bertz CT molecular complexity index is 298. The van der Waals surface area contributed by atoms with Crippen molar-refractivity contribution in [2.45, 2.75) is 168 Å². The molecule has 29 heavy (non-hydrogen) atoms. The fourth-order valence-corrected chi connectivity index (χ4v) is 5.82. The first-order valence-corrected chi connectivity index (χ1v) is 14.3. The number of unbranched alkanes of at least 4 members (excludes halogenated alkanes) is 4. The summed E-state index contributed by atoms with van der Waals surface area (Å²) < 4.78 is 0. The standard InChI is InChI=1S/C29H58/c1-4-7-19-28(20-8-5-2)23-14-11-17-26-29-24-15-9-12-21-27(18-6-3)22-13-10-16-25-29/h27-29H,4-26H2,1-3H3. The Kier molecular flexibility index (Phi) is 18.6. The van der Waals surface area contributed by atoms with Gasteiger partial charge in [0.15, 0.2) is 0 Å². The molecule has 0 aromatic rings. The monoisotopic (exact) mass is 406 g/mol. The van der Waals surface area contributed by atoms with E-state index in [1.807, 2.05) is 0 Å². The van der Waals surface area contributed by atoms with E-state index in [0.717, 1.165) is 17.8 Å². The molecule has 0 nitrogen and oxygen atoms in total. The second kappa shape index (κ2) is 19.9. The lowest BCUT2D eigenvalue weighted by Crippen LogP contribution is -2.05. The van der Waals surface area contributed by atoms with Crippen molar-refractivity contribution in [3.05, 3.63) is 0 Å². The van der Waals surface area contributed by atoms with Crippen molar-refractivity contribution in [2.75, 3.05) is 0 Å². The molecule has 0 saturated heterocycles. The minimum atomic E-state index is 1.03. The van der Waals surface area contributed by atoms with Gasteiger partial charge in [-0.1, -0.05) is 168 Å². The summed E-state index contributed by atoms with van der Waals surface area (Å²) in [5, 5.41) is 0. The summed E-state index contributed by atoms with van der Waals surface area (Å²) >= 11 is 0. The Balaban J connectivity index is 2.19. The van der Waals surface area contributed by atoms with Gasteiger partial charge in [-0.3, -0.25) is 0 Å². The highest BCUT2D eigenvalue weighted by Gasteiger charge is 2.13. The van der Waals surface area contributed by atoms with Gasteiger partial charge in [0.2, 0.25) is 0 Å². The Morgan fingerprint density at radius 3 is 1.45 bits per heavy atom. The van der Waals surface area contributed by atoms with Gasteiger partial charge in [-0.2, -0.15) is 0 Å². The fourth-order valence-electron chi connectivity index (χ4n) is 5.82. The average molecular weight is 407 g/mol. The molecule has 0 radical (unpaired) electrons. The molecule has 174 valence electrons. The first-order chi connectivity index (χ1) is 14.3. The molecule has 1 fully saturated rings. The maximum absolute atomic E-state index is 2.37. The zero-order valence-electron chi connectivity index (χ0n) is 21.0. The van der Waals surface area contributed by atoms with Crippen LogP contribution in [0.2, 0.25) is 0 Å². The quantitative estimate of drug-likeness (QED) is 0.251. The number of hydrogen-bond acceptors (Lipinski definition) is 0. The van der Waals surface area contributed by atoms with E-state index in [-0.39, 0.29) is 0 Å².